The molecule has 0 aliphatic carbocycles. The van der Waals surface area contributed by atoms with Gasteiger partial charge in [0.1, 0.15) is 12.4 Å². The van der Waals surface area contributed by atoms with E-state index >= 15 is 0 Å². The third-order valence-corrected chi connectivity index (χ3v) is 3.79. The SMILES string of the molecule is O=C(Cn1c(=O)oc2cc([N+](=O)[O-])ccc21)NCCc1cccc(F)c1. The third kappa shape index (κ3) is 3.77. The number of aromatic nitrogens is 1. The highest BCUT2D eigenvalue weighted by molar-refractivity contribution is 5.80. The highest BCUT2D eigenvalue weighted by Gasteiger charge is 2.16. The molecule has 0 saturated carbocycles. The number of nitrogens with zero attached hydrogens (tertiary/aromatic N) is 2. The van der Waals surface area contributed by atoms with Crippen molar-refractivity contribution in [3.8, 4) is 0 Å². The second-order valence-corrected chi connectivity index (χ2v) is 5.59. The summed E-state index contributed by atoms with van der Waals surface area (Å²) in [6.07, 6.45) is 0.441. The second-order valence-electron chi connectivity index (χ2n) is 5.59. The summed E-state index contributed by atoms with van der Waals surface area (Å²) in [6, 6.07) is 9.78. The van der Waals surface area contributed by atoms with Crippen LogP contribution in [-0.4, -0.2) is 21.9 Å². The van der Waals surface area contributed by atoms with Gasteiger partial charge in [-0.25, -0.2) is 9.18 Å². The van der Waals surface area contributed by atoms with E-state index in [9.17, 15) is 24.1 Å². The van der Waals surface area contributed by atoms with Crippen LogP contribution in [0.2, 0.25) is 0 Å². The monoisotopic (exact) mass is 359 g/mol. The number of halogens is 1. The highest BCUT2D eigenvalue weighted by atomic mass is 19.1. The van der Waals surface area contributed by atoms with Gasteiger partial charge in [0, 0.05) is 12.6 Å². The Hall–Kier alpha value is -3.49. The van der Waals surface area contributed by atoms with E-state index in [4.69, 9.17) is 4.42 Å². The average Bonchev–Trinajstić information content (AvgIpc) is 2.89. The van der Waals surface area contributed by atoms with Crippen molar-refractivity contribution in [3.63, 3.8) is 0 Å². The molecule has 0 fully saturated rings. The largest absolute Gasteiger partial charge is 0.420 e. The third-order valence-electron chi connectivity index (χ3n) is 3.79. The van der Waals surface area contributed by atoms with Crippen LogP contribution < -0.4 is 11.1 Å². The molecular formula is C17H14FN3O5. The molecule has 3 aromatic rings. The number of carbonyl (C=O) groups excluding carboxylic acids is 1. The predicted octanol–water partition coefficient (Wildman–Crippen LogP) is 2.00. The van der Waals surface area contributed by atoms with Crippen LogP contribution in [0.5, 0.6) is 0 Å². The van der Waals surface area contributed by atoms with Crippen molar-refractivity contribution in [3.05, 3.63) is 74.5 Å². The van der Waals surface area contributed by atoms with Crippen molar-refractivity contribution in [1.82, 2.24) is 9.88 Å². The Morgan fingerprint density at radius 3 is 2.81 bits per heavy atom. The Morgan fingerprint density at radius 2 is 2.08 bits per heavy atom. The smallest absolute Gasteiger partial charge is 0.407 e. The lowest BCUT2D eigenvalue weighted by atomic mass is 10.1. The van der Waals surface area contributed by atoms with E-state index in [1.54, 1.807) is 12.1 Å². The first-order valence-electron chi connectivity index (χ1n) is 7.73. The molecule has 1 amide bonds. The van der Waals surface area contributed by atoms with Gasteiger partial charge in [0.2, 0.25) is 5.91 Å². The Morgan fingerprint density at radius 1 is 1.27 bits per heavy atom. The van der Waals surface area contributed by atoms with E-state index in [-0.39, 0.29) is 30.2 Å². The Bertz CT molecular complexity index is 1040. The van der Waals surface area contributed by atoms with Gasteiger partial charge in [0.05, 0.1) is 16.5 Å². The summed E-state index contributed by atoms with van der Waals surface area (Å²) in [5.74, 6) is -1.55. The number of carbonyl (C=O) groups is 1. The Balaban J connectivity index is 1.66. The van der Waals surface area contributed by atoms with Crippen LogP contribution in [0.15, 0.2) is 51.7 Å². The number of oxazole rings is 1. The molecule has 9 heteroatoms. The summed E-state index contributed by atoms with van der Waals surface area (Å²) in [6.45, 7) is -0.00884. The van der Waals surface area contributed by atoms with Crippen LogP contribution in [0.4, 0.5) is 10.1 Å². The summed E-state index contributed by atoms with van der Waals surface area (Å²) in [4.78, 5) is 34.1. The van der Waals surface area contributed by atoms with Gasteiger partial charge in [-0.2, -0.15) is 0 Å². The molecule has 0 atom stereocenters. The van der Waals surface area contributed by atoms with Gasteiger partial charge in [-0.05, 0) is 30.2 Å². The molecule has 0 aliphatic heterocycles. The van der Waals surface area contributed by atoms with Gasteiger partial charge in [-0.15, -0.1) is 0 Å². The maximum atomic E-state index is 13.1. The molecule has 0 spiro atoms. The second kappa shape index (κ2) is 7.18. The number of nitro groups is 1. The van der Waals surface area contributed by atoms with Crippen LogP contribution in [0.1, 0.15) is 5.56 Å². The molecule has 1 aromatic heterocycles. The fourth-order valence-corrected chi connectivity index (χ4v) is 2.56. The molecule has 0 aliphatic rings. The van der Waals surface area contributed by atoms with Crippen molar-refractivity contribution < 1.29 is 18.5 Å². The first-order chi connectivity index (χ1) is 12.4. The molecule has 2 aromatic carbocycles. The standard InChI is InChI=1S/C17H14FN3O5/c18-12-3-1-2-11(8-12)6-7-19-16(22)10-20-14-5-4-13(21(24)25)9-15(14)26-17(20)23/h1-5,8-9H,6-7,10H2,(H,19,22). The maximum absolute atomic E-state index is 13.1. The summed E-state index contributed by atoms with van der Waals surface area (Å²) >= 11 is 0. The lowest BCUT2D eigenvalue weighted by Gasteiger charge is -2.06. The number of benzene rings is 2. The number of non-ortho nitro benzene ring substituents is 1. The number of amides is 1. The van der Waals surface area contributed by atoms with Crippen LogP contribution in [0.3, 0.4) is 0 Å². The summed E-state index contributed by atoms with van der Waals surface area (Å²) < 4.78 is 19.2. The fraction of sp³-hybridized carbons (Fsp3) is 0.176. The first-order valence-corrected chi connectivity index (χ1v) is 7.73. The minimum atomic E-state index is -0.777. The number of hydrogen-bond donors (Lipinski definition) is 1. The van der Waals surface area contributed by atoms with Gasteiger partial charge in [-0.3, -0.25) is 19.5 Å². The zero-order chi connectivity index (χ0) is 18.7. The average molecular weight is 359 g/mol. The van der Waals surface area contributed by atoms with Crippen molar-refractivity contribution in [2.75, 3.05) is 6.54 Å². The molecule has 8 nitrogen and oxygen atoms in total. The topological polar surface area (TPSA) is 107 Å². The Kier molecular flexibility index (Phi) is 4.78. The zero-order valence-corrected chi connectivity index (χ0v) is 13.5. The zero-order valence-electron chi connectivity index (χ0n) is 13.5. The molecule has 3 rings (SSSR count). The quantitative estimate of drug-likeness (QED) is 0.535. The normalized spacial score (nSPS) is 10.8. The lowest BCUT2D eigenvalue weighted by molar-refractivity contribution is -0.384. The first kappa shape index (κ1) is 17.3. The van der Waals surface area contributed by atoms with Crippen molar-refractivity contribution in [2.45, 2.75) is 13.0 Å². The van der Waals surface area contributed by atoms with Gasteiger partial charge >= 0.3 is 5.76 Å². The van der Waals surface area contributed by atoms with Gasteiger partial charge < -0.3 is 9.73 Å². The van der Waals surface area contributed by atoms with E-state index in [0.717, 1.165) is 16.2 Å². The molecule has 0 saturated heterocycles. The number of fused-ring (bicyclic) bond motifs is 1. The molecule has 1 heterocycles. The van der Waals surface area contributed by atoms with Crippen molar-refractivity contribution >= 4 is 22.7 Å². The molecule has 26 heavy (non-hydrogen) atoms. The van der Waals surface area contributed by atoms with Gasteiger partial charge in [-0.1, -0.05) is 12.1 Å². The van der Waals surface area contributed by atoms with Gasteiger partial charge in [0.25, 0.3) is 5.69 Å². The fourth-order valence-electron chi connectivity index (χ4n) is 2.56. The van der Waals surface area contributed by atoms with E-state index in [1.165, 1.54) is 24.3 Å². The molecular weight excluding hydrogens is 345 g/mol. The van der Waals surface area contributed by atoms with Crippen LogP contribution in [0.25, 0.3) is 11.1 Å². The van der Waals surface area contributed by atoms with E-state index in [2.05, 4.69) is 5.32 Å². The number of rotatable bonds is 6. The van der Waals surface area contributed by atoms with Crippen LogP contribution in [0, 0.1) is 15.9 Å². The predicted molar refractivity (Wildman–Crippen MR) is 90.2 cm³/mol. The van der Waals surface area contributed by atoms with E-state index < -0.39 is 16.6 Å². The Labute approximate surface area is 146 Å². The number of nitro benzene ring substituents is 1. The van der Waals surface area contributed by atoms with Crippen molar-refractivity contribution in [1.29, 1.82) is 0 Å². The van der Waals surface area contributed by atoms with E-state index in [0.29, 0.717) is 11.9 Å². The number of hydrogen-bond acceptors (Lipinski definition) is 5. The summed E-state index contributed by atoms with van der Waals surface area (Å²) in [5, 5.41) is 13.4. The number of nitrogens with one attached hydrogen (secondary N) is 1. The van der Waals surface area contributed by atoms with Crippen LogP contribution in [-0.2, 0) is 17.8 Å². The van der Waals surface area contributed by atoms with Gasteiger partial charge in [0.15, 0.2) is 5.58 Å². The van der Waals surface area contributed by atoms with Crippen molar-refractivity contribution in [2.24, 2.45) is 0 Å². The molecule has 0 bridgehead atoms. The van der Waals surface area contributed by atoms with E-state index in [1.807, 2.05) is 0 Å². The minimum absolute atomic E-state index is 0.0387. The molecule has 0 radical (unpaired) electrons. The summed E-state index contributed by atoms with van der Waals surface area (Å²) in [5.41, 5.74) is 0.860. The molecule has 0 unspecified atom stereocenters. The maximum Gasteiger partial charge on any atom is 0.420 e. The minimum Gasteiger partial charge on any atom is -0.407 e. The lowest BCUT2D eigenvalue weighted by Crippen LogP contribution is -2.32. The summed E-state index contributed by atoms with van der Waals surface area (Å²) in [7, 11) is 0. The van der Waals surface area contributed by atoms with Crippen LogP contribution >= 0.6 is 0 Å². The molecule has 1 N–H and O–H groups in total. The highest BCUT2D eigenvalue weighted by Crippen LogP contribution is 2.19. The molecule has 134 valence electrons.